The van der Waals surface area contributed by atoms with E-state index in [4.69, 9.17) is 9.47 Å². The third-order valence-electron chi connectivity index (χ3n) is 5.07. The molecule has 7 heteroatoms. The molecule has 2 atom stereocenters. The van der Waals surface area contributed by atoms with Gasteiger partial charge in [0.2, 0.25) is 5.91 Å². The largest absolute Gasteiger partial charge is 0.497 e. The van der Waals surface area contributed by atoms with Gasteiger partial charge >= 0.3 is 0 Å². The van der Waals surface area contributed by atoms with Gasteiger partial charge in [-0.3, -0.25) is 9.59 Å². The number of carbonyl (C=O) groups excluding carboxylic acids is 2. The molecule has 31 heavy (non-hydrogen) atoms. The molecule has 0 aliphatic heterocycles. The predicted octanol–water partition coefficient (Wildman–Crippen LogP) is 4.40. The summed E-state index contributed by atoms with van der Waals surface area (Å²) in [5, 5.41) is 3.01. The lowest BCUT2D eigenvalue weighted by Gasteiger charge is -2.31. The standard InChI is InChI=1S/C24H31IN2O4/c1-5-17(3)26-24(29)22(6-2)27(15-18-7-11-20(30-4)12-8-18)23(28)16-31-21-13-9-19(25)10-14-21/h7-14,17,22H,5-6,15-16H2,1-4H3,(H,26,29)/t17-,22-/m1/s1. The summed E-state index contributed by atoms with van der Waals surface area (Å²) in [4.78, 5) is 27.7. The van der Waals surface area contributed by atoms with Crippen LogP contribution >= 0.6 is 22.6 Å². The van der Waals surface area contributed by atoms with Gasteiger partial charge in [-0.1, -0.05) is 26.0 Å². The average Bonchev–Trinajstić information content (AvgIpc) is 2.78. The van der Waals surface area contributed by atoms with E-state index in [9.17, 15) is 9.59 Å². The maximum Gasteiger partial charge on any atom is 0.261 e. The van der Waals surface area contributed by atoms with Crippen LogP contribution in [0.3, 0.4) is 0 Å². The Labute approximate surface area is 198 Å². The number of carbonyl (C=O) groups is 2. The molecule has 0 fully saturated rings. The number of nitrogens with one attached hydrogen (secondary N) is 1. The summed E-state index contributed by atoms with van der Waals surface area (Å²) in [7, 11) is 1.61. The zero-order valence-corrected chi connectivity index (χ0v) is 20.7. The summed E-state index contributed by atoms with van der Waals surface area (Å²) in [6, 6.07) is 14.5. The highest BCUT2D eigenvalue weighted by Crippen LogP contribution is 2.18. The fraction of sp³-hybridized carbons (Fsp3) is 0.417. The van der Waals surface area contributed by atoms with Crippen molar-refractivity contribution in [1.29, 1.82) is 0 Å². The van der Waals surface area contributed by atoms with Crippen LogP contribution in [-0.4, -0.2) is 42.5 Å². The Morgan fingerprint density at radius 2 is 1.61 bits per heavy atom. The molecule has 0 aromatic heterocycles. The van der Waals surface area contributed by atoms with Crippen LogP contribution in [0.1, 0.15) is 39.2 Å². The van der Waals surface area contributed by atoms with Crippen molar-refractivity contribution < 1.29 is 19.1 Å². The fourth-order valence-electron chi connectivity index (χ4n) is 3.05. The summed E-state index contributed by atoms with van der Waals surface area (Å²) in [5.74, 6) is 0.981. The molecule has 0 aliphatic carbocycles. The third-order valence-corrected chi connectivity index (χ3v) is 5.79. The number of hydrogen-bond donors (Lipinski definition) is 1. The van der Waals surface area contributed by atoms with Crippen molar-refractivity contribution in [2.24, 2.45) is 0 Å². The lowest BCUT2D eigenvalue weighted by atomic mass is 10.1. The molecule has 0 unspecified atom stereocenters. The molecule has 2 aromatic carbocycles. The van der Waals surface area contributed by atoms with E-state index < -0.39 is 6.04 Å². The van der Waals surface area contributed by atoms with Crippen LogP contribution < -0.4 is 14.8 Å². The van der Waals surface area contributed by atoms with Crippen LogP contribution in [0.5, 0.6) is 11.5 Å². The number of methoxy groups -OCH3 is 1. The molecule has 1 N–H and O–H groups in total. The molecule has 2 aromatic rings. The van der Waals surface area contributed by atoms with Crippen molar-refractivity contribution in [2.75, 3.05) is 13.7 Å². The maximum atomic E-state index is 13.2. The molecule has 0 saturated heterocycles. The number of halogens is 1. The molecule has 6 nitrogen and oxygen atoms in total. The van der Waals surface area contributed by atoms with Crippen molar-refractivity contribution in [3.05, 3.63) is 57.7 Å². The van der Waals surface area contributed by atoms with Crippen molar-refractivity contribution in [1.82, 2.24) is 10.2 Å². The van der Waals surface area contributed by atoms with Crippen molar-refractivity contribution in [3.63, 3.8) is 0 Å². The highest BCUT2D eigenvalue weighted by atomic mass is 127. The van der Waals surface area contributed by atoms with Crippen LogP contribution in [0.15, 0.2) is 48.5 Å². The Kier molecular flexibility index (Phi) is 10.1. The molecule has 0 spiro atoms. The van der Waals surface area contributed by atoms with Crippen LogP contribution in [0.2, 0.25) is 0 Å². The quantitative estimate of drug-likeness (QED) is 0.431. The summed E-state index contributed by atoms with van der Waals surface area (Å²) in [6.07, 6.45) is 1.33. The van der Waals surface area contributed by atoms with E-state index in [-0.39, 0.29) is 24.5 Å². The SMILES string of the molecule is CC[C@@H](C)NC(=O)[C@@H](CC)N(Cc1ccc(OC)cc1)C(=O)COc1ccc(I)cc1. The Balaban J connectivity index is 2.20. The summed E-state index contributed by atoms with van der Waals surface area (Å²) < 4.78 is 12.0. The Hall–Kier alpha value is -2.29. The molecule has 0 saturated carbocycles. The van der Waals surface area contributed by atoms with Crippen molar-refractivity contribution >= 4 is 34.4 Å². The van der Waals surface area contributed by atoms with E-state index in [0.29, 0.717) is 18.7 Å². The summed E-state index contributed by atoms with van der Waals surface area (Å²) >= 11 is 2.22. The molecular weight excluding hydrogens is 507 g/mol. The van der Waals surface area contributed by atoms with Gasteiger partial charge < -0.3 is 19.7 Å². The third kappa shape index (κ3) is 7.72. The van der Waals surface area contributed by atoms with Gasteiger partial charge in [0, 0.05) is 16.2 Å². The first-order chi connectivity index (χ1) is 14.9. The summed E-state index contributed by atoms with van der Waals surface area (Å²) in [5.41, 5.74) is 0.915. The minimum Gasteiger partial charge on any atom is -0.497 e. The van der Waals surface area contributed by atoms with Crippen LogP contribution in [0.25, 0.3) is 0 Å². The molecule has 168 valence electrons. The first kappa shape index (κ1) is 25.0. The van der Waals surface area contributed by atoms with E-state index >= 15 is 0 Å². The lowest BCUT2D eigenvalue weighted by Crippen LogP contribution is -2.51. The fourth-order valence-corrected chi connectivity index (χ4v) is 3.41. The predicted molar refractivity (Wildman–Crippen MR) is 130 cm³/mol. The first-order valence-electron chi connectivity index (χ1n) is 10.5. The van der Waals surface area contributed by atoms with Crippen molar-refractivity contribution in [3.8, 4) is 11.5 Å². The second-order valence-corrected chi connectivity index (χ2v) is 8.60. The van der Waals surface area contributed by atoms with Crippen LogP contribution in [0, 0.1) is 3.57 Å². The van der Waals surface area contributed by atoms with Gasteiger partial charge in [-0.15, -0.1) is 0 Å². The van der Waals surface area contributed by atoms with Gasteiger partial charge in [0.05, 0.1) is 7.11 Å². The van der Waals surface area contributed by atoms with E-state index in [1.54, 1.807) is 12.0 Å². The van der Waals surface area contributed by atoms with Crippen LogP contribution in [-0.2, 0) is 16.1 Å². The zero-order chi connectivity index (χ0) is 22.8. The van der Waals surface area contributed by atoms with E-state index in [2.05, 4.69) is 27.9 Å². The number of nitrogens with zero attached hydrogens (tertiary/aromatic N) is 1. The van der Waals surface area contributed by atoms with Gasteiger partial charge in [0.1, 0.15) is 17.5 Å². The zero-order valence-electron chi connectivity index (χ0n) is 18.6. The number of ether oxygens (including phenoxy) is 2. The van der Waals surface area contributed by atoms with E-state index in [1.807, 2.05) is 69.3 Å². The molecule has 2 amide bonds. The van der Waals surface area contributed by atoms with E-state index in [1.165, 1.54) is 0 Å². The average molecular weight is 538 g/mol. The van der Waals surface area contributed by atoms with Crippen LogP contribution in [0.4, 0.5) is 0 Å². The Morgan fingerprint density at radius 3 is 2.16 bits per heavy atom. The second kappa shape index (κ2) is 12.5. The molecule has 0 bridgehead atoms. The molecule has 0 radical (unpaired) electrons. The van der Waals surface area contributed by atoms with Gasteiger partial charge in [0.25, 0.3) is 5.91 Å². The number of hydrogen-bond acceptors (Lipinski definition) is 4. The highest BCUT2D eigenvalue weighted by Gasteiger charge is 2.29. The maximum absolute atomic E-state index is 13.2. The topological polar surface area (TPSA) is 67.9 Å². The molecule has 2 rings (SSSR count). The van der Waals surface area contributed by atoms with Crippen molar-refractivity contribution in [2.45, 2.75) is 52.2 Å². The molecule has 0 aliphatic rings. The summed E-state index contributed by atoms with van der Waals surface area (Å²) in [6.45, 7) is 6.06. The Bertz CT molecular complexity index is 840. The first-order valence-corrected chi connectivity index (χ1v) is 11.6. The second-order valence-electron chi connectivity index (χ2n) is 7.35. The number of benzene rings is 2. The highest BCUT2D eigenvalue weighted by molar-refractivity contribution is 14.1. The van der Waals surface area contributed by atoms with Gasteiger partial charge in [-0.25, -0.2) is 0 Å². The van der Waals surface area contributed by atoms with Gasteiger partial charge in [-0.05, 0) is 84.3 Å². The monoisotopic (exact) mass is 538 g/mol. The minimum absolute atomic E-state index is 0.0440. The van der Waals surface area contributed by atoms with Gasteiger partial charge in [-0.2, -0.15) is 0 Å². The van der Waals surface area contributed by atoms with Gasteiger partial charge in [0.15, 0.2) is 6.61 Å². The number of rotatable bonds is 11. The van der Waals surface area contributed by atoms with E-state index in [0.717, 1.165) is 21.3 Å². The smallest absolute Gasteiger partial charge is 0.261 e. The Morgan fingerprint density at radius 1 is 1.00 bits per heavy atom. The lowest BCUT2D eigenvalue weighted by molar-refractivity contribution is -0.143. The normalized spacial score (nSPS) is 12.5. The molecule has 0 heterocycles. The number of amides is 2. The molecular formula is C24H31IN2O4. The minimum atomic E-state index is -0.580.